The van der Waals surface area contributed by atoms with Crippen molar-refractivity contribution in [3.05, 3.63) is 28.0 Å². The Morgan fingerprint density at radius 3 is 2.92 bits per heavy atom. The largest absolute Gasteiger partial charge is 0.383 e. The van der Waals surface area contributed by atoms with E-state index in [-0.39, 0.29) is 12.5 Å². The zero-order valence-corrected chi connectivity index (χ0v) is 15.0. The van der Waals surface area contributed by atoms with E-state index >= 15 is 0 Å². The van der Waals surface area contributed by atoms with Gasteiger partial charge in [0, 0.05) is 25.1 Å². The molecule has 1 N–H and O–H groups in total. The van der Waals surface area contributed by atoms with Crippen LogP contribution in [0.4, 0.5) is 4.79 Å². The van der Waals surface area contributed by atoms with Gasteiger partial charge in [-0.1, -0.05) is 12.1 Å². The van der Waals surface area contributed by atoms with E-state index in [2.05, 4.69) is 20.6 Å². The molecule has 1 aliphatic heterocycles. The second kappa shape index (κ2) is 7.70. The number of hydrogen-bond acceptors (Lipinski definition) is 7. The van der Waals surface area contributed by atoms with Crippen LogP contribution in [0.15, 0.2) is 11.6 Å². The van der Waals surface area contributed by atoms with E-state index in [0.29, 0.717) is 25.3 Å². The summed E-state index contributed by atoms with van der Waals surface area (Å²) in [4.78, 5) is 30.3. The first-order chi connectivity index (χ1) is 12.1. The number of urea groups is 1. The average Bonchev–Trinajstić information content (AvgIpc) is 3.30. The predicted molar refractivity (Wildman–Crippen MR) is 90.0 cm³/mol. The molecule has 0 radical (unpaired) electrons. The van der Waals surface area contributed by atoms with Gasteiger partial charge in [0.25, 0.3) is 5.91 Å². The van der Waals surface area contributed by atoms with Gasteiger partial charge in [0.2, 0.25) is 0 Å². The number of hydrogen-bond donors (Lipinski definition) is 1. The van der Waals surface area contributed by atoms with Gasteiger partial charge < -0.3 is 10.1 Å². The molecule has 0 spiro atoms. The average molecular weight is 364 g/mol. The molecule has 134 valence electrons. The maximum Gasteiger partial charge on any atom is 0.325 e. The lowest BCUT2D eigenvalue weighted by Crippen LogP contribution is -2.32. The number of amides is 3. The maximum atomic E-state index is 12.5. The molecular formula is C15H20N6O3S. The van der Waals surface area contributed by atoms with Crippen molar-refractivity contribution in [3.8, 4) is 0 Å². The number of nitrogens with one attached hydrogen (secondary N) is 1. The van der Waals surface area contributed by atoms with Gasteiger partial charge >= 0.3 is 6.03 Å². The third kappa shape index (κ3) is 4.02. The Balaban J connectivity index is 1.61. The third-order valence-corrected chi connectivity index (χ3v) is 4.89. The monoisotopic (exact) mass is 364 g/mol. The second-order valence-electron chi connectivity index (χ2n) is 5.68. The molecule has 9 nitrogen and oxygen atoms in total. The molecule has 0 bridgehead atoms. The normalized spacial score (nSPS) is 17.4. The second-order valence-corrected chi connectivity index (χ2v) is 6.63. The first kappa shape index (κ1) is 17.5. The van der Waals surface area contributed by atoms with Crippen molar-refractivity contribution >= 4 is 23.3 Å². The van der Waals surface area contributed by atoms with Crippen LogP contribution in [0.5, 0.6) is 0 Å². The van der Waals surface area contributed by atoms with Gasteiger partial charge in [-0.3, -0.25) is 9.69 Å². The SMILES string of the molecule is CCc1nc(CN2C(=O)N[C@H](Cc3cn(CCOC)nn3)C2=O)cs1. The van der Waals surface area contributed by atoms with E-state index in [1.54, 1.807) is 18.0 Å². The third-order valence-electron chi connectivity index (χ3n) is 3.85. The number of carbonyl (C=O) groups is 2. The summed E-state index contributed by atoms with van der Waals surface area (Å²) >= 11 is 1.54. The van der Waals surface area contributed by atoms with Crippen molar-refractivity contribution in [1.82, 2.24) is 30.2 Å². The molecule has 1 saturated heterocycles. The van der Waals surface area contributed by atoms with Crippen molar-refractivity contribution < 1.29 is 14.3 Å². The Kier molecular flexibility index (Phi) is 5.39. The molecule has 3 amide bonds. The van der Waals surface area contributed by atoms with Gasteiger partial charge in [0.1, 0.15) is 6.04 Å². The lowest BCUT2D eigenvalue weighted by atomic mass is 10.1. The summed E-state index contributed by atoms with van der Waals surface area (Å²) in [5, 5.41) is 13.6. The summed E-state index contributed by atoms with van der Waals surface area (Å²) in [6.07, 6.45) is 2.91. The highest BCUT2D eigenvalue weighted by Gasteiger charge is 2.38. The predicted octanol–water partition coefficient (Wildman–Crippen LogP) is 0.606. The fourth-order valence-electron chi connectivity index (χ4n) is 2.55. The minimum atomic E-state index is -0.621. The highest BCUT2D eigenvalue weighted by molar-refractivity contribution is 7.09. The van der Waals surface area contributed by atoms with Gasteiger partial charge in [0.15, 0.2) is 0 Å². The molecular weight excluding hydrogens is 344 g/mol. The molecule has 1 atom stereocenters. The lowest BCUT2D eigenvalue weighted by molar-refractivity contribution is -0.127. The fraction of sp³-hybridized carbons (Fsp3) is 0.533. The van der Waals surface area contributed by atoms with Crippen LogP contribution in [0.3, 0.4) is 0 Å². The molecule has 0 saturated carbocycles. The van der Waals surface area contributed by atoms with Crippen molar-refractivity contribution in [3.63, 3.8) is 0 Å². The van der Waals surface area contributed by atoms with Gasteiger partial charge in [0.05, 0.1) is 36.1 Å². The number of aryl methyl sites for hydroxylation is 1. The Bertz CT molecular complexity index is 758. The van der Waals surface area contributed by atoms with Gasteiger partial charge in [-0.05, 0) is 6.42 Å². The van der Waals surface area contributed by atoms with E-state index in [9.17, 15) is 9.59 Å². The lowest BCUT2D eigenvalue weighted by Gasteiger charge is -2.10. The van der Waals surface area contributed by atoms with Crippen LogP contribution < -0.4 is 5.32 Å². The van der Waals surface area contributed by atoms with Gasteiger partial charge in [-0.2, -0.15) is 0 Å². The number of methoxy groups -OCH3 is 1. The Morgan fingerprint density at radius 2 is 2.20 bits per heavy atom. The van der Waals surface area contributed by atoms with Crippen molar-refractivity contribution in [1.29, 1.82) is 0 Å². The van der Waals surface area contributed by atoms with Crippen LogP contribution in [-0.2, 0) is 35.5 Å². The number of carbonyl (C=O) groups excluding carboxylic acids is 2. The minimum absolute atomic E-state index is 0.193. The van der Waals surface area contributed by atoms with E-state index in [1.165, 1.54) is 16.2 Å². The molecule has 1 fully saturated rings. The van der Waals surface area contributed by atoms with E-state index in [4.69, 9.17) is 4.74 Å². The fourth-order valence-corrected chi connectivity index (χ4v) is 3.28. The number of ether oxygens (including phenoxy) is 1. The zero-order chi connectivity index (χ0) is 17.8. The quantitative estimate of drug-likeness (QED) is 0.689. The first-order valence-electron chi connectivity index (χ1n) is 8.03. The number of thiazole rings is 1. The smallest absolute Gasteiger partial charge is 0.325 e. The summed E-state index contributed by atoms with van der Waals surface area (Å²) in [6.45, 7) is 3.33. The molecule has 2 aromatic rings. The van der Waals surface area contributed by atoms with Gasteiger partial charge in [-0.25, -0.2) is 14.5 Å². The summed E-state index contributed by atoms with van der Waals surface area (Å²) < 4.78 is 6.64. The molecule has 0 aromatic carbocycles. The van der Waals surface area contributed by atoms with Crippen molar-refractivity contribution in [2.24, 2.45) is 0 Å². The van der Waals surface area contributed by atoms with E-state index < -0.39 is 12.1 Å². The van der Waals surface area contributed by atoms with Crippen LogP contribution in [0.25, 0.3) is 0 Å². The molecule has 1 aliphatic rings. The summed E-state index contributed by atoms with van der Waals surface area (Å²) in [6, 6.07) is -1.02. The van der Waals surface area contributed by atoms with E-state index in [1.807, 2.05) is 12.3 Å². The topological polar surface area (TPSA) is 102 Å². The van der Waals surface area contributed by atoms with Crippen LogP contribution in [0.1, 0.15) is 23.3 Å². The number of aromatic nitrogens is 4. The molecule has 10 heteroatoms. The van der Waals surface area contributed by atoms with Crippen LogP contribution in [-0.4, -0.2) is 56.6 Å². The molecule has 3 rings (SSSR count). The molecule has 3 heterocycles. The van der Waals surface area contributed by atoms with E-state index in [0.717, 1.165) is 17.1 Å². The Hall–Kier alpha value is -2.33. The number of rotatable bonds is 8. The van der Waals surface area contributed by atoms with Crippen LogP contribution in [0.2, 0.25) is 0 Å². The highest BCUT2D eigenvalue weighted by atomic mass is 32.1. The number of imide groups is 1. The standard InChI is InChI=1S/C15H20N6O3S/c1-3-13-16-11(9-25-13)8-21-14(22)12(17-15(21)23)6-10-7-20(19-18-10)4-5-24-2/h7,9,12H,3-6,8H2,1-2H3,(H,17,23)/t12-/m1/s1. The molecule has 0 unspecified atom stereocenters. The summed E-state index contributed by atoms with van der Waals surface area (Å²) in [5.41, 5.74) is 1.38. The highest BCUT2D eigenvalue weighted by Crippen LogP contribution is 2.17. The molecule has 2 aromatic heterocycles. The molecule has 0 aliphatic carbocycles. The molecule has 25 heavy (non-hydrogen) atoms. The maximum absolute atomic E-state index is 12.5. The number of nitrogens with zero attached hydrogens (tertiary/aromatic N) is 5. The zero-order valence-electron chi connectivity index (χ0n) is 14.1. The van der Waals surface area contributed by atoms with Crippen molar-refractivity contribution in [2.45, 2.75) is 38.9 Å². The van der Waals surface area contributed by atoms with Crippen LogP contribution in [0, 0.1) is 0 Å². The minimum Gasteiger partial charge on any atom is -0.383 e. The Morgan fingerprint density at radius 1 is 1.36 bits per heavy atom. The summed E-state index contributed by atoms with van der Waals surface area (Å²) in [7, 11) is 1.62. The van der Waals surface area contributed by atoms with Crippen LogP contribution >= 0.6 is 11.3 Å². The first-order valence-corrected chi connectivity index (χ1v) is 8.91. The van der Waals surface area contributed by atoms with Crippen molar-refractivity contribution in [2.75, 3.05) is 13.7 Å². The van der Waals surface area contributed by atoms with Gasteiger partial charge in [-0.15, -0.1) is 16.4 Å². The Labute approximate surface area is 149 Å². The summed E-state index contributed by atoms with van der Waals surface area (Å²) in [5.74, 6) is -0.262.